The van der Waals surface area contributed by atoms with Crippen molar-refractivity contribution in [2.24, 2.45) is 5.73 Å². The molecule has 2 aliphatic rings. The van der Waals surface area contributed by atoms with E-state index < -0.39 is 0 Å². The van der Waals surface area contributed by atoms with Crippen molar-refractivity contribution >= 4 is 11.6 Å². The maximum Gasteiger partial charge on any atom is 0.0687 e. The predicted octanol–water partition coefficient (Wildman–Crippen LogP) is 4.09. The molecule has 2 N–H and O–H groups in total. The zero-order valence-electron chi connectivity index (χ0n) is 12.0. The maximum absolute atomic E-state index is 6.34. The van der Waals surface area contributed by atoms with Gasteiger partial charge in [0.2, 0.25) is 0 Å². The lowest BCUT2D eigenvalue weighted by Crippen LogP contribution is -2.31. The molecule has 1 heterocycles. The van der Waals surface area contributed by atoms with Crippen LogP contribution in [0, 0.1) is 0 Å². The Bertz CT molecular complexity index is 439. The Morgan fingerprint density at radius 1 is 1.20 bits per heavy atom. The van der Waals surface area contributed by atoms with Gasteiger partial charge in [-0.15, -0.1) is 0 Å². The molecular weight excluding hydrogens is 270 g/mol. The molecule has 2 fully saturated rings. The molecule has 1 aromatic carbocycles. The van der Waals surface area contributed by atoms with Crippen molar-refractivity contribution in [2.45, 2.75) is 69.1 Å². The van der Waals surface area contributed by atoms with Crippen LogP contribution in [0.1, 0.15) is 50.5 Å². The van der Waals surface area contributed by atoms with Crippen LogP contribution in [0.2, 0.25) is 5.02 Å². The highest BCUT2D eigenvalue weighted by atomic mass is 35.5. The summed E-state index contributed by atoms with van der Waals surface area (Å²) in [4.78, 5) is 0. The quantitative estimate of drug-likeness (QED) is 0.907. The Labute approximate surface area is 126 Å². The summed E-state index contributed by atoms with van der Waals surface area (Å²) in [6, 6.07) is 8.18. The van der Waals surface area contributed by atoms with Crippen molar-refractivity contribution < 1.29 is 4.74 Å². The summed E-state index contributed by atoms with van der Waals surface area (Å²) in [5.74, 6) is 0. The van der Waals surface area contributed by atoms with Crippen LogP contribution in [0.4, 0.5) is 0 Å². The minimum Gasteiger partial charge on any atom is -0.372 e. The fourth-order valence-electron chi connectivity index (χ4n) is 3.79. The summed E-state index contributed by atoms with van der Waals surface area (Å²) in [7, 11) is 0. The lowest BCUT2D eigenvalue weighted by Gasteiger charge is -2.25. The number of rotatable bonds is 4. The molecular formula is C17H24ClNO. The van der Waals surface area contributed by atoms with E-state index in [1.165, 1.54) is 44.1 Å². The molecule has 2 unspecified atom stereocenters. The van der Waals surface area contributed by atoms with E-state index in [4.69, 9.17) is 22.1 Å². The fraction of sp³-hybridized carbons (Fsp3) is 0.647. The van der Waals surface area contributed by atoms with E-state index in [1.54, 1.807) is 0 Å². The van der Waals surface area contributed by atoms with Crippen molar-refractivity contribution in [3.63, 3.8) is 0 Å². The summed E-state index contributed by atoms with van der Waals surface area (Å²) in [5.41, 5.74) is 7.78. The van der Waals surface area contributed by atoms with Crippen molar-refractivity contribution in [2.75, 3.05) is 0 Å². The van der Waals surface area contributed by atoms with Gasteiger partial charge >= 0.3 is 0 Å². The van der Waals surface area contributed by atoms with E-state index in [0.29, 0.717) is 6.10 Å². The molecule has 2 nitrogen and oxygen atoms in total. The molecule has 3 heteroatoms. The minimum atomic E-state index is 0.178. The van der Waals surface area contributed by atoms with Crippen LogP contribution in [-0.4, -0.2) is 17.7 Å². The second-order valence-electron chi connectivity index (χ2n) is 6.50. The SMILES string of the molecule is NC(Cc1ccc(Cl)cc1)CC1CCC2(CCCC2)O1. The van der Waals surface area contributed by atoms with Crippen LogP contribution in [0.15, 0.2) is 24.3 Å². The lowest BCUT2D eigenvalue weighted by molar-refractivity contribution is -0.0407. The molecule has 2 atom stereocenters. The van der Waals surface area contributed by atoms with Crippen molar-refractivity contribution in [1.82, 2.24) is 0 Å². The fourth-order valence-corrected chi connectivity index (χ4v) is 3.92. The molecule has 3 rings (SSSR count). The van der Waals surface area contributed by atoms with Gasteiger partial charge in [-0.25, -0.2) is 0 Å². The second-order valence-corrected chi connectivity index (χ2v) is 6.93. The second kappa shape index (κ2) is 6.05. The average molecular weight is 294 g/mol. The molecule has 0 amide bonds. The monoisotopic (exact) mass is 293 g/mol. The smallest absolute Gasteiger partial charge is 0.0687 e. The summed E-state index contributed by atoms with van der Waals surface area (Å²) in [5, 5.41) is 0.782. The molecule has 0 radical (unpaired) electrons. The van der Waals surface area contributed by atoms with Gasteiger partial charge in [0, 0.05) is 11.1 Å². The molecule has 0 bridgehead atoms. The average Bonchev–Trinajstić information content (AvgIpc) is 3.03. The van der Waals surface area contributed by atoms with Gasteiger partial charge in [0.15, 0.2) is 0 Å². The molecule has 1 saturated carbocycles. The highest BCUT2D eigenvalue weighted by molar-refractivity contribution is 6.30. The van der Waals surface area contributed by atoms with Gasteiger partial charge in [-0.3, -0.25) is 0 Å². The maximum atomic E-state index is 6.34. The van der Waals surface area contributed by atoms with E-state index in [9.17, 15) is 0 Å². The van der Waals surface area contributed by atoms with Crippen molar-refractivity contribution in [3.8, 4) is 0 Å². The third-order valence-corrected chi connectivity index (χ3v) is 5.08. The van der Waals surface area contributed by atoms with Crippen LogP contribution < -0.4 is 5.73 Å². The van der Waals surface area contributed by atoms with Crippen LogP contribution in [0.25, 0.3) is 0 Å². The largest absolute Gasteiger partial charge is 0.372 e. The Hall–Kier alpha value is -0.570. The standard InChI is InChI=1S/C17H24ClNO/c18-14-5-3-13(4-6-14)11-15(19)12-16-7-10-17(20-16)8-1-2-9-17/h3-6,15-16H,1-2,7-12,19H2. The zero-order valence-corrected chi connectivity index (χ0v) is 12.7. The molecule has 1 saturated heterocycles. The van der Waals surface area contributed by atoms with E-state index in [0.717, 1.165) is 17.9 Å². The van der Waals surface area contributed by atoms with Gasteiger partial charge in [0.1, 0.15) is 0 Å². The first kappa shape index (κ1) is 14.4. The topological polar surface area (TPSA) is 35.2 Å². The minimum absolute atomic E-state index is 0.178. The molecule has 0 aromatic heterocycles. The Morgan fingerprint density at radius 2 is 1.90 bits per heavy atom. The van der Waals surface area contributed by atoms with Gasteiger partial charge in [-0.05, 0) is 56.2 Å². The molecule has 20 heavy (non-hydrogen) atoms. The summed E-state index contributed by atoms with van der Waals surface area (Å²) >= 11 is 5.90. The van der Waals surface area contributed by atoms with Crippen LogP contribution in [0.5, 0.6) is 0 Å². The van der Waals surface area contributed by atoms with Gasteiger partial charge in [-0.1, -0.05) is 36.6 Å². The summed E-state index contributed by atoms with van der Waals surface area (Å²) in [6.07, 6.45) is 9.88. The molecule has 1 aromatic rings. The predicted molar refractivity (Wildman–Crippen MR) is 83.1 cm³/mol. The third kappa shape index (κ3) is 3.36. The Morgan fingerprint density at radius 3 is 2.60 bits per heavy atom. The van der Waals surface area contributed by atoms with Crippen molar-refractivity contribution in [3.05, 3.63) is 34.9 Å². The lowest BCUT2D eigenvalue weighted by atomic mass is 9.96. The number of hydrogen-bond acceptors (Lipinski definition) is 2. The Kier molecular flexibility index (Phi) is 4.34. The van der Waals surface area contributed by atoms with Gasteiger partial charge in [0.25, 0.3) is 0 Å². The number of nitrogens with two attached hydrogens (primary N) is 1. The number of benzene rings is 1. The first-order chi connectivity index (χ1) is 9.65. The normalized spacial score (nSPS) is 26.2. The third-order valence-electron chi connectivity index (χ3n) is 4.83. The van der Waals surface area contributed by atoms with Crippen molar-refractivity contribution in [1.29, 1.82) is 0 Å². The van der Waals surface area contributed by atoms with E-state index >= 15 is 0 Å². The molecule has 110 valence electrons. The zero-order chi connectivity index (χ0) is 14.0. The first-order valence-electron chi connectivity index (χ1n) is 7.83. The van der Waals surface area contributed by atoms with Gasteiger partial charge in [-0.2, -0.15) is 0 Å². The molecule has 1 aliphatic heterocycles. The molecule has 1 spiro atoms. The van der Waals surface area contributed by atoms with Crippen LogP contribution >= 0.6 is 11.6 Å². The summed E-state index contributed by atoms with van der Waals surface area (Å²) < 4.78 is 6.34. The first-order valence-corrected chi connectivity index (χ1v) is 8.21. The van der Waals surface area contributed by atoms with E-state index in [2.05, 4.69) is 12.1 Å². The highest BCUT2D eigenvalue weighted by Gasteiger charge is 2.42. The number of hydrogen-bond donors (Lipinski definition) is 1. The highest BCUT2D eigenvalue weighted by Crippen LogP contribution is 2.44. The van der Waals surface area contributed by atoms with E-state index in [1.807, 2.05) is 12.1 Å². The van der Waals surface area contributed by atoms with Gasteiger partial charge < -0.3 is 10.5 Å². The molecule has 1 aliphatic carbocycles. The number of halogens is 1. The van der Waals surface area contributed by atoms with Gasteiger partial charge in [0.05, 0.1) is 11.7 Å². The Balaban J connectivity index is 1.49. The van der Waals surface area contributed by atoms with Crippen LogP contribution in [-0.2, 0) is 11.2 Å². The van der Waals surface area contributed by atoms with E-state index in [-0.39, 0.29) is 11.6 Å². The number of ether oxygens (including phenoxy) is 1. The summed E-state index contributed by atoms with van der Waals surface area (Å²) in [6.45, 7) is 0. The van der Waals surface area contributed by atoms with Crippen LogP contribution in [0.3, 0.4) is 0 Å².